The SMILES string of the molecule is CCCCSc1ccc2c(C(=O)Oc3ccc(C#N)cc3)c(S)ccc2c1. The summed E-state index contributed by atoms with van der Waals surface area (Å²) in [5.74, 6) is 1.03. The normalized spacial score (nSPS) is 10.6. The van der Waals surface area contributed by atoms with E-state index in [1.807, 2.05) is 42.1 Å². The summed E-state index contributed by atoms with van der Waals surface area (Å²) < 4.78 is 5.50. The fraction of sp³-hybridized carbons (Fsp3) is 0.182. The number of nitrogens with zero attached hydrogens (tertiary/aromatic N) is 1. The number of hydrogen-bond acceptors (Lipinski definition) is 5. The third-order valence-corrected chi connectivity index (χ3v) is 5.59. The quantitative estimate of drug-likeness (QED) is 0.180. The summed E-state index contributed by atoms with van der Waals surface area (Å²) in [6.07, 6.45) is 2.36. The van der Waals surface area contributed by atoms with Crippen molar-refractivity contribution >= 4 is 41.1 Å². The number of hydrogen-bond donors (Lipinski definition) is 1. The van der Waals surface area contributed by atoms with Crippen LogP contribution in [0.25, 0.3) is 10.8 Å². The molecule has 0 spiro atoms. The van der Waals surface area contributed by atoms with E-state index in [-0.39, 0.29) is 0 Å². The Morgan fingerprint density at radius 3 is 2.63 bits per heavy atom. The molecular weight excluding hydrogens is 374 g/mol. The van der Waals surface area contributed by atoms with Gasteiger partial charge >= 0.3 is 5.97 Å². The molecule has 3 aromatic rings. The summed E-state index contributed by atoms with van der Waals surface area (Å²) >= 11 is 6.28. The Morgan fingerprint density at radius 2 is 1.93 bits per heavy atom. The van der Waals surface area contributed by atoms with Crippen molar-refractivity contribution in [2.45, 2.75) is 29.6 Å². The molecule has 136 valence electrons. The van der Waals surface area contributed by atoms with Crippen LogP contribution in [0.3, 0.4) is 0 Å². The van der Waals surface area contributed by atoms with Gasteiger partial charge in [0.2, 0.25) is 0 Å². The van der Waals surface area contributed by atoms with Gasteiger partial charge in [0.05, 0.1) is 17.2 Å². The molecule has 0 saturated heterocycles. The van der Waals surface area contributed by atoms with Gasteiger partial charge in [-0.2, -0.15) is 5.26 Å². The molecule has 0 radical (unpaired) electrons. The predicted octanol–water partition coefficient (Wildman–Crippen LogP) is 6.11. The standard InChI is InChI=1S/C22H19NO2S2/c1-2-3-12-27-18-9-10-19-16(13-18)6-11-20(26)21(19)22(24)25-17-7-4-15(14-23)5-8-17/h4-11,13,26H,2-3,12H2,1H3. The van der Waals surface area contributed by atoms with Gasteiger partial charge in [-0.05, 0) is 65.4 Å². The van der Waals surface area contributed by atoms with Crippen LogP contribution in [0.2, 0.25) is 0 Å². The van der Waals surface area contributed by atoms with Gasteiger partial charge in [-0.1, -0.05) is 25.5 Å². The van der Waals surface area contributed by atoms with E-state index in [4.69, 9.17) is 10.00 Å². The monoisotopic (exact) mass is 393 g/mol. The Hall–Kier alpha value is -2.42. The molecule has 0 aliphatic carbocycles. The molecule has 0 unspecified atom stereocenters. The van der Waals surface area contributed by atoms with Crippen LogP contribution >= 0.6 is 24.4 Å². The van der Waals surface area contributed by atoms with Crippen LogP contribution < -0.4 is 4.74 Å². The molecule has 3 nitrogen and oxygen atoms in total. The molecule has 0 amide bonds. The van der Waals surface area contributed by atoms with Crippen LogP contribution in [0, 0.1) is 11.3 Å². The van der Waals surface area contributed by atoms with Crippen LogP contribution in [0.1, 0.15) is 35.7 Å². The van der Waals surface area contributed by atoms with Crippen molar-refractivity contribution in [2.75, 3.05) is 5.75 Å². The summed E-state index contributed by atoms with van der Waals surface area (Å²) in [6.45, 7) is 2.18. The molecule has 3 aromatic carbocycles. The van der Waals surface area contributed by atoms with Crippen molar-refractivity contribution in [2.24, 2.45) is 0 Å². The van der Waals surface area contributed by atoms with Gasteiger partial charge in [0.15, 0.2) is 0 Å². The highest BCUT2D eigenvalue weighted by atomic mass is 32.2. The predicted molar refractivity (Wildman–Crippen MR) is 113 cm³/mol. The van der Waals surface area contributed by atoms with E-state index >= 15 is 0 Å². The average molecular weight is 394 g/mol. The van der Waals surface area contributed by atoms with Gasteiger partial charge in [0.1, 0.15) is 5.75 Å². The fourth-order valence-electron chi connectivity index (χ4n) is 2.69. The van der Waals surface area contributed by atoms with Crippen molar-refractivity contribution in [3.63, 3.8) is 0 Å². The van der Waals surface area contributed by atoms with Gasteiger partial charge in [0.25, 0.3) is 0 Å². The van der Waals surface area contributed by atoms with Gasteiger partial charge < -0.3 is 4.74 Å². The van der Waals surface area contributed by atoms with Gasteiger partial charge in [-0.15, -0.1) is 24.4 Å². The van der Waals surface area contributed by atoms with Gasteiger partial charge in [-0.25, -0.2) is 4.79 Å². The highest BCUT2D eigenvalue weighted by Crippen LogP contribution is 2.30. The van der Waals surface area contributed by atoms with E-state index < -0.39 is 5.97 Å². The first-order valence-corrected chi connectivity index (χ1v) is 10.2. The molecule has 0 atom stereocenters. The maximum absolute atomic E-state index is 12.8. The van der Waals surface area contributed by atoms with Crippen molar-refractivity contribution < 1.29 is 9.53 Å². The number of carbonyl (C=O) groups excluding carboxylic acids is 1. The zero-order valence-electron chi connectivity index (χ0n) is 14.9. The lowest BCUT2D eigenvalue weighted by Crippen LogP contribution is -2.10. The Bertz CT molecular complexity index is 1010. The number of ether oxygens (including phenoxy) is 1. The highest BCUT2D eigenvalue weighted by Gasteiger charge is 2.16. The Morgan fingerprint density at radius 1 is 1.15 bits per heavy atom. The molecule has 27 heavy (non-hydrogen) atoms. The second-order valence-electron chi connectivity index (χ2n) is 6.07. The number of benzene rings is 3. The molecule has 0 fully saturated rings. The number of nitriles is 1. The Labute approximate surface area is 168 Å². The first-order valence-electron chi connectivity index (χ1n) is 8.73. The Kier molecular flexibility index (Phi) is 6.44. The first kappa shape index (κ1) is 19.3. The second-order valence-corrected chi connectivity index (χ2v) is 7.72. The number of rotatable bonds is 6. The minimum Gasteiger partial charge on any atom is -0.423 e. The van der Waals surface area contributed by atoms with E-state index in [1.165, 1.54) is 17.7 Å². The molecule has 0 N–H and O–H groups in total. The highest BCUT2D eigenvalue weighted by molar-refractivity contribution is 7.99. The molecule has 0 aliphatic rings. The number of carbonyl (C=O) groups is 1. The third kappa shape index (κ3) is 4.65. The number of unbranched alkanes of at least 4 members (excludes halogenated alkanes) is 1. The lowest BCUT2D eigenvalue weighted by Gasteiger charge is -2.11. The van der Waals surface area contributed by atoms with Crippen LogP contribution in [-0.4, -0.2) is 11.7 Å². The van der Waals surface area contributed by atoms with Crippen molar-refractivity contribution in [1.82, 2.24) is 0 Å². The smallest absolute Gasteiger partial charge is 0.345 e. The molecule has 0 aromatic heterocycles. The zero-order valence-corrected chi connectivity index (χ0v) is 16.6. The maximum atomic E-state index is 12.8. The largest absolute Gasteiger partial charge is 0.423 e. The molecule has 0 saturated carbocycles. The van der Waals surface area contributed by atoms with E-state index in [0.29, 0.717) is 21.8 Å². The van der Waals surface area contributed by atoms with E-state index in [1.54, 1.807) is 24.3 Å². The first-order chi connectivity index (χ1) is 13.1. The summed E-state index contributed by atoms with van der Waals surface area (Å²) in [6, 6.07) is 18.4. The molecule has 0 heterocycles. The van der Waals surface area contributed by atoms with Gasteiger partial charge in [0, 0.05) is 9.79 Å². The van der Waals surface area contributed by atoms with Crippen molar-refractivity contribution in [1.29, 1.82) is 5.26 Å². The minimum absolute atomic E-state index is 0.399. The lowest BCUT2D eigenvalue weighted by molar-refractivity contribution is 0.0733. The summed E-state index contributed by atoms with van der Waals surface area (Å²) in [4.78, 5) is 14.5. The molecular formula is C22H19NO2S2. The van der Waals surface area contributed by atoms with Crippen LogP contribution in [0.5, 0.6) is 5.75 Å². The van der Waals surface area contributed by atoms with Crippen LogP contribution in [-0.2, 0) is 0 Å². The van der Waals surface area contributed by atoms with Gasteiger partial charge in [-0.3, -0.25) is 0 Å². The number of fused-ring (bicyclic) bond motifs is 1. The minimum atomic E-state index is -0.457. The summed E-state index contributed by atoms with van der Waals surface area (Å²) in [5.41, 5.74) is 0.966. The number of esters is 1. The van der Waals surface area contributed by atoms with Crippen LogP contribution in [0.4, 0.5) is 0 Å². The Balaban J connectivity index is 1.88. The summed E-state index contributed by atoms with van der Waals surface area (Å²) in [5, 5.41) is 10.7. The summed E-state index contributed by atoms with van der Waals surface area (Å²) in [7, 11) is 0. The zero-order chi connectivity index (χ0) is 19.2. The average Bonchev–Trinajstić information content (AvgIpc) is 2.68. The number of thioether (sulfide) groups is 1. The molecule has 5 heteroatoms. The molecule has 0 bridgehead atoms. The van der Waals surface area contributed by atoms with E-state index in [9.17, 15) is 4.79 Å². The van der Waals surface area contributed by atoms with Crippen LogP contribution in [0.15, 0.2) is 64.4 Å². The van der Waals surface area contributed by atoms with E-state index in [0.717, 1.165) is 16.5 Å². The molecule has 0 aliphatic heterocycles. The van der Waals surface area contributed by atoms with Crippen molar-refractivity contribution in [3.05, 3.63) is 65.7 Å². The fourth-order valence-corrected chi connectivity index (χ4v) is 4.02. The maximum Gasteiger partial charge on any atom is 0.345 e. The third-order valence-electron chi connectivity index (χ3n) is 4.13. The van der Waals surface area contributed by atoms with Crippen molar-refractivity contribution in [3.8, 4) is 11.8 Å². The van der Waals surface area contributed by atoms with E-state index in [2.05, 4.69) is 25.6 Å². The number of thiol groups is 1. The molecule has 3 rings (SSSR count). The second kappa shape index (κ2) is 8.98. The lowest BCUT2D eigenvalue weighted by atomic mass is 10.0. The topological polar surface area (TPSA) is 50.1 Å².